The quantitative estimate of drug-likeness (QED) is 0.731. The monoisotopic (exact) mass is 340 g/mol. The number of carbonyl (C=O) groups is 2. The lowest BCUT2D eigenvalue weighted by molar-refractivity contribution is 0.0912. The molecule has 0 unspecified atom stereocenters. The van der Waals surface area contributed by atoms with Crippen LogP contribution in [0.1, 0.15) is 39.4 Å². The number of aromatic nitrogens is 1. The van der Waals surface area contributed by atoms with Crippen molar-refractivity contribution < 1.29 is 14.7 Å². The van der Waals surface area contributed by atoms with Gasteiger partial charge in [-0.2, -0.15) is 0 Å². The molecule has 0 aliphatic heterocycles. The van der Waals surface area contributed by atoms with Crippen LogP contribution in [0.2, 0.25) is 10.0 Å². The second-order valence-corrected chi connectivity index (χ2v) is 5.59. The maximum Gasteiger partial charge on any atom is 0.267 e. The number of amides is 1. The zero-order valence-electron chi connectivity index (χ0n) is 11.7. The number of ketones is 1. The van der Waals surface area contributed by atoms with E-state index < -0.39 is 12.0 Å². The highest BCUT2D eigenvalue weighted by atomic mass is 35.5. The topological polar surface area (TPSA) is 82.2 Å². The van der Waals surface area contributed by atoms with E-state index in [1.54, 1.807) is 12.1 Å². The first-order valence-electron chi connectivity index (χ1n) is 6.49. The Labute approximate surface area is 137 Å². The second-order valence-electron chi connectivity index (χ2n) is 4.75. The van der Waals surface area contributed by atoms with Crippen molar-refractivity contribution in [2.24, 2.45) is 0 Å². The molecule has 116 valence electrons. The summed E-state index contributed by atoms with van der Waals surface area (Å²) in [4.78, 5) is 25.8. The average molecular weight is 341 g/mol. The molecule has 1 atom stereocenters. The molecular formula is C15H14Cl2N2O3. The first-order chi connectivity index (χ1) is 10.4. The number of hydrogen-bond acceptors (Lipinski definition) is 3. The van der Waals surface area contributed by atoms with E-state index in [2.05, 4.69) is 10.3 Å². The van der Waals surface area contributed by atoms with Crippen LogP contribution in [0, 0.1) is 0 Å². The van der Waals surface area contributed by atoms with E-state index in [1.807, 2.05) is 0 Å². The number of nitrogens with one attached hydrogen (secondary N) is 2. The summed E-state index contributed by atoms with van der Waals surface area (Å²) < 4.78 is 0. The zero-order valence-corrected chi connectivity index (χ0v) is 13.2. The van der Waals surface area contributed by atoms with Crippen molar-refractivity contribution >= 4 is 34.9 Å². The number of aliphatic hydroxyl groups is 1. The van der Waals surface area contributed by atoms with Crippen LogP contribution >= 0.6 is 23.2 Å². The minimum absolute atomic E-state index is 0.0192. The van der Waals surface area contributed by atoms with Crippen LogP contribution in [0.4, 0.5) is 0 Å². The normalized spacial score (nSPS) is 12.0. The summed E-state index contributed by atoms with van der Waals surface area (Å²) in [5, 5.41) is 13.4. The lowest BCUT2D eigenvalue weighted by Crippen LogP contribution is -2.28. The van der Waals surface area contributed by atoms with Gasteiger partial charge in [0.2, 0.25) is 0 Å². The Morgan fingerprint density at radius 1 is 1.32 bits per heavy atom. The van der Waals surface area contributed by atoms with Crippen molar-refractivity contribution in [1.29, 1.82) is 0 Å². The fourth-order valence-corrected chi connectivity index (χ4v) is 2.43. The van der Waals surface area contributed by atoms with E-state index >= 15 is 0 Å². The summed E-state index contributed by atoms with van der Waals surface area (Å²) in [7, 11) is 0. The van der Waals surface area contributed by atoms with Gasteiger partial charge in [-0.05, 0) is 25.1 Å². The van der Waals surface area contributed by atoms with E-state index in [-0.39, 0.29) is 18.0 Å². The van der Waals surface area contributed by atoms with Crippen molar-refractivity contribution in [3.8, 4) is 0 Å². The molecule has 0 radical (unpaired) electrons. The standard InChI is InChI=1S/C15H14Cl2N2O3/c1-8(20)9-4-13(18-6-9)15(22)19-7-14(21)11-3-2-10(16)5-12(11)17/h2-6,14,18,21H,7H2,1H3,(H,19,22)/t14-/m1/s1. The molecule has 2 aromatic rings. The van der Waals surface area contributed by atoms with Gasteiger partial charge in [-0.15, -0.1) is 0 Å². The van der Waals surface area contributed by atoms with Crippen molar-refractivity contribution in [3.63, 3.8) is 0 Å². The van der Waals surface area contributed by atoms with Gasteiger partial charge in [-0.25, -0.2) is 0 Å². The Morgan fingerprint density at radius 2 is 2.05 bits per heavy atom. The summed E-state index contributed by atoms with van der Waals surface area (Å²) in [6, 6.07) is 6.19. The summed E-state index contributed by atoms with van der Waals surface area (Å²) in [5.41, 5.74) is 1.15. The van der Waals surface area contributed by atoms with E-state index in [4.69, 9.17) is 23.2 Å². The highest BCUT2D eigenvalue weighted by Crippen LogP contribution is 2.25. The van der Waals surface area contributed by atoms with Crippen LogP contribution in [0.3, 0.4) is 0 Å². The van der Waals surface area contributed by atoms with E-state index in [1.165, 1.54) is 25.3 Å². The highest BCUT2D eigenvalue weighted by molar-refractivity contribution is 6.35. The van der Waals surface area contributed by atoms with Crippen LogP contribution in [0.5, 0.6) is 0 Å². The number of benzene rings is 1. The van der Waals surface area contributed by atoms with Gasteiger partial charge in [0.15, 0.2) is 5.78 Å². The smallest absolute Gasteiger partial charge is 0.267 e. The molecule has 0 aliphatic rings. The third kappa shape index (κ3) is 3.88. The first kappa shape index (κ1) is 16.5. The van der Waals surface area contributed by atoms with E-state index in [0.29, 0.717) is 21.2 Å². The lowest BCUT2D eigenvalue weighted by atomic mass is 10.1. The fraction of sp³-hybridized carbons (Fsp3) is 0.200. The molecule has 0 spiro atoms. The Hall–Kier alpha value is -1.82. The molecule has 0 bridgehead atoms. The molecular weight excluding hydrogens is 327 g/mol. The molecule has 1 aromatic heterocycles. The fourth-order valence-electron chi connectivity index (χ4n) is 1.89. The van der Waals surface area contributed by atoms with E-state index in [9.17, 15) is 14.7 Å². The Balaban J connectivity index is 1.99. The summed E-state index contributed by atoms with van der Waals surface area (Å²) in [6.45, 7) is 1.39. The number of H-pyrrole nitrogens is 1. The first-order valence-corrected chi connectivity index (χ1v) is 7.24. The number of halogens is 2. The van der Waals surface area contributed by atoms with Crippen LogP contribution < -0.4 is 5.32 Å². The second kappa shape index (κ2) is 6.96. The molecule has 2 rings (SSSR count). The molecule has 0 aliphatic carbocycles. The SMILES string of the molecule is CC(=O)c1c[nH]c(C(=O)NC[C@@H](O)c2ccc(Cl)cc2Cl)c1. The molecule has 1 aromatic carbocycles. The summed E-state index contributed by atoms with van der Waals surface area (Å²) in [6.07, 6.45) is 0.500. The van der Waals surface area contributed by atoms with Crippen molar-refractivity contribution in [3.05, 3.63) is 57.3 Å². The molecule has 5 nitrogen and oxygen atoms in total. The van der Waals surface area contributed by atoms with Gasteiger partial charge in [0.1, 0.15) is 5.69 Å². The van der Waals surface area contributed by atoms with Crippen LogP contribution in [-0.4, -0.2) is 28.3 Å². The molecule has 7 heteroatoms. The molecule has 3 N–H and O–H groups in total. The van der Waals surface area contributed by atoms with Gasteiger partial charge < -0.3 is 15.4 Å². The summed E-state index contributed by atoms with van der Waals surface area (Å²) >= 11 is 11.8. The number of hydrogen-bond donors (Lipinski definition) is 3. The lowest BCUT2D eigenvalue weighted by Gasteiger charge is -2.13. The van der Waals surface area contributed by atoms with Crippen molar-refractivity contribution in [1.82, 2.24) is 10.3 Å². The molecule has 22 heavy (non-hydrogen) atoms. The third-order valence-corrected chi connectivity index (χ3v) is 3.67. The van der Waals surface area contributed by atoms with Gasteiger partial charge in [0, 0.05) is 33.9 Å². The molecule has 1 amide bonds. The predicted molar refractivity (Wildman–Crippen MR) is 84.6 cm³/mol. The highest BCUT2D eigenvalue weighted by Gasteiger charge is 2.15. The number of aromatic amines is 1. The van der Waals surface area contributed by atoms with Crippen LogP contribution in [-0.2, 0) is 0 Å². The number of carbonyl (C=O) groups excluding carboxylic acids is 2. The Bertz CT molecular complexity index is 713. The van der Waals surface area contributed by atoms with Crippen molar-refractivity contribution in [2.75, 3.05) is 6.54 Å². The van der Waals surface area contributed by atoms with Crippen LogP contribution in [0.15, 0.2) is 30.5 Å². The number of Topliss-reactive ketones (excluding diaryl/α,β-unsaturated/α-hetero) is 1. The molecule has 1 heterocycles. The van der Waals surface area contributed by atoms with Crippen LogP contribution in [0.25, 0.3) is 0 Å². The molecule has 0 fully saturated rings. The average Bonchev–Trinajstić information content (AvgIpc) is 2.94. The van der Waals surface area contributed by atoms with Gasteiger partial charge >= 0.3 is 0 Å². The molecule has 0 saturated carbocycles. The minimum atomic E-state index is -0.962. The van der Waals surface area contributed by atoms with E-state index in [0.717, 1.165) is 0 Å². The summed E-state index contributed by atoms with van der Waals surface area (Å²) in [5.74, 6) is -0.556. The molecule has 0 saturated heterocycles. The maximum atomic E-state index is 11.9. The Morgan fingerprint density at radius 3 is 2.64 bits per heavy atom. The largest absolute Gasteiger partial charge is 0.387 e. The zero-order chi connectivity index (χ0) is 16.3. The number of rotatable bonds is 5. The van der Waals surface area contributed by atoms with Gasteiger partial charge in [-0.1, -0.05) is 29.3 Å². The maximum absolute atomic E-state index is 11.9. The minimum Gasteiger partial charge on any atom is -0.387 e. The van der Waals surface area contributed by atoms with Crippen molar-refractivity contribution in [2.45, 2.75) is 13.0 Å². The third-order valence-electron chi connectivity index (χ3n) is 3.11. The Kier molecular flexibility index (Phi) is 5.24. The number of aliphatic hydroxyl groups excluding tert-OH is 1. The van der Waals surface area contributed by atoms with Gasteiger partial charge in [-0.3, -0.25) is 9.59 Å². The predicted octanol–water partition coefficient (Wildman–Crippen LogP) is 2.99. The van der Waals surface area contributed by atoms with Gasteiger partial charge in [0.25, 0.3) is 5.91 Å². The van der Waals surface area contributed by atoms with Gasteiger partial charge in [0.05, 0.1) is 6.10 Å².